The summed E-state index contributed by atoms with van der Waals surface area (Å²) in [7, 11) is 1.58. The topological polar surface area (TPSA) is 71.0 Å². The summed E-state index contributed by atoms with van der Waals surface area (Å²) >= 11 is 0. The standard InChI is InChI=1S/C18H26N2O4.2ClH/c1-13-3-4-15(23-2)14(11-13)16(17(21)22)20-9-10-24-18(12-20)5-7-19-8-6-18;;/h3-4,11,16,19H,5-10,12H2,1-2H3,(H,21,22);2*1H. The lowest BCUT2D eigenvalue weighted by atomic mass is 9.89. The van der Waals surface area contributed by atoms with Gasteiger partial charge in [0.05, 0.1) is 19.3 Å². The molecule has 0 bridgehead atoms. The SMILES string of the molecule is COc1ccc(C)cc1C(C(=O)O)N1CCOC2(CCNCC2)C1.Cl.Cl. The predicted octanol–water partition coefficient (Wildman–Crippen LogP) is 2.43. The number of methoxy groups -OCH3 is 1. The van der Waals surface area contributed by atoms with E-state index in [-0.39, 0.29) is 30.4 Å². The molecule has 1 unspecified atom stereocenters. The zero-order valence-electron chi connectivity index (χ0n) is 15.2. The van der Waals surface area contributed by atoms with Crippen LogP contribution in [0.5, 0.6) is 5.75 Å². The molecular weight excluding hydrogens is 379 g/mol. The number of nitrogens with zero attached hydrogens (tertiary/aromatic N) is 1. The first-order chi connectivity index (χ1) is 11.5. The Labute approximate surface area is 167 Å². The van der Waals surface area contributed by atoms with Gasteiger partial charge in [-0.2, -0.15) is 0 Å². The van der Waals surface area contributed by atoms with Crippen LogP contribution in [0.3, 0.4) is 0 Å². The van der Waals surface area contributed by atoms with Crippen molar-refractivity contribution in [2.24, 2.45) is 0 Å². The number of halogens is 2. The van der Waals surface area contributed by atoms with Crippen molar-refractivity contribution >= 4 is 30.8 Å². The van der Waals surface area contributed by atoms with Crippen LogP contribution in [0.4, 0.5) is 0 Å². The number of hydrogen-bond acceptors (Lipinski definition) is 5. The highest BCUT2D eigenvalue weighted by molar-refractivity contribution is 5.85. The van der Waals surface area contributed by atoms with Gasteiger partial charge in [0.1, 0.15) is 11.8 Å². The molecule has 2 fully saturated rings. The van der Waals surface area contributed by atoms with Gasteiger partial charge in [-0.15, -0.1) is 24.8 Å². The van der Waals surface area contributed by atoms with Gasteiger partial charge in [-0.05, 0) is 38.9 Å². The summed E-state index contributed by atoms with van der Waals surface area (Å²) < 4.78 is 11.5. The van der Waals surface area contributed by atoms with Crippen molar-refractivity contribution in [1.29, 1.82) is 0 Å². The van der Waals surface area contributed by atoms with Crippen molar-refractivity contribution in [3.8, 4) is 5.75 Å². The minimum Gasteiger partial charge on any atom is -0.496 e. The molecule has 1 aromatic carbocycles. The van der Waals surface area contributed by atoms with Crippen LogP contribution in [-0.2, 0) is 9.53 Å². The zero-order valence-corrected chi connectivity index (χ0v) is 16.8. The van der Waals surface area contributed by atoms with Gasteiger partial charge in [-0.25, -0.2) is 0 Å². The number of benzene rings is 1. The fraction of sp³-hybridized carbons (Fsp3) is 0.611. The molecule has 6 nitrogen and oxygen atoms in total. The van der Waals surface area contributed by atoms with Gasteiger partial charge in [0.2, 0.25) is 0 Å². The molecule has 2 aliphatic heterocycles. The summed E-state index contributed by atoms with van der Waals surface area (Å²) in [5.41, 5.74) is 1.52. The summed E-state index contributed by atoms with van der Waals surface area (Å²) in [5.74, 6) is -0.219. The maximum atomic E-state index is 12.1. The monoisotopic (exact) mass is 406 g/mol. The van der Waals surface area contributed by atoms with Crippen LogP contribution >= 0.6 is 24.8 Å². The number of carbonyl (C=O) groups is 1. The quantitative estimate of drug-likeness (QED) is 0.799. The fourth-order valence-electron chi connectivity index (χ4n) is 3.83. The van der Waals surface area contributed by atoms with E-state index in [1.165, 1.54) is 0 Å². The molecule has 1 aromatic rings. The van der Waals surface area contributed by atoms with E-state index < -0.39 is 12.0 Å². The Morgan fingerprint density at radius 3 is 2.65 bits per heavy atom. The average Bonchev–Trinajstić information content (AvgIpc) is 2.56. The molecule has 26 heavy (non-hydrogen) atoms. The van der Waals surface area contributed by atoms with Gasteiger partial charge in [0.15, 0.2) is 0 Å². The van der Waals surface area contributed by atoms with Gasteiger partial charge < -0.3 is 19.9 Å². The lowest BCUT2D eigenvalue weighted by Gasteiger charge is -2.46. The van der Waals surface area contributed by atoms with Crippen molar-refractivity contribution in [1.82, 2.24) is 10.2 Å². The molecule has 2 N–H and O–H groups in total. The Kier molecular flexibility index (Phi) is 8.63. The summed E-state index contributed by atoms with van der Waals surface area (Å²) in [5, 5.41) is 13.3. The van der Waals surface area contributed by atoms with E-state index in [0.29, 0.717) is 25.4 Å². The van der Waals surface area contributed by atoms with Gasteiger partial charge in [0.25, 0.3) is 0 Å². The van der Waals surface area contributed by atoms with Crippen molar-refractivity contribution in [2.75, 3.05) is 39.9 Å². The average molecular weight is 407 g/mol. The maximum absolute atomic E-state index is 12.1. The number of morpholine rings is 1. The summed E-state index contributed by atoms with van der Waals surface area (Å²) in [6, 6.07) is 4.99. The molecule has 0 aromatic heterocycles. The minimum atomic E-state index is -0.843. The third-order valence-electron chi connectivity index (χ3n) is 5.07. The van der Waals surface area contributed by atoms with Gasteiger partial charge >= 0.3 is 5.97 Å². The highest BCUT2D eigenvalue weighted by Gasteiger charge is 2.42. The first kappa shape index (κ1) is 23.0. The van der Waals surface area contributed by atoms with Crippen molar-refractivity contribution in [2.45, 2.75) is 31.4 Å². The number of aryl methyl sites for hydroxylation is 1. The van der Waals surface area contributed by atoms with Gasteiger partial charge in [-0.3, -0.25) is 9.69 Å². The smallest absolute Gasteiger partial charge is 0.325 e. The van der Waals surface area contributed by atoms with Crippen LogP contribution in [0.25, 0.3) is 0 Å². The Hall–Kier alpha value is -1.05. The van der Waals surface area contributed by atoms with Crippen LogP contribution in [0, 0.1) is 6.92 Å². The second-order valence-corrected chi connectivity index (χ2v) is 6.74. The molecule has 1 atom stereocenters. The lowest BCUT2D eigenvalue weighted by molar-refractivity contribution is -0.158. The molecular formula is C18H28Cl2N2O4. The second kappa shape index (κ2) is 9.76. The number of hydrogen-bond donors (Lipinski definition) is 2. The Morgan fingerprint density at radius 2 is 2.04 bits per heavy atom. The molecule has 0 radical (unpaired) electrons. The highest BCUT2D eigenvalue weighted by atomic mass is 35.5. The van der Waals surface area contributed by atoms with E-state index in [1.807, 2.05) is 30.0 Å². The normalized spacial score (nSPS) is 20.5. The van der Waals surface area contributed by atoms with Gasteiger partial charge in [0, 0.05) is 18.7 Å². The van der Waals surface area contributed by atoms with Crippen LogP contribution in [0.2, 0.25) is 0 Å². The molecule has 0 aliphatic carbocycles. The van der Waals surface area contributed by atoms with Crippen molar-refractivity contribution in [3.63, 3.8) is 0 Å². The first-order valence-corrected chi connectivity index (χ1v) is 8.51. The van der Waals surface area contributed by atoms with E-state index in [2.05, 4.69) is 5.32 Å². The van der Waals surface area contributed by atoms with Crippen LogP contribution in [-0.4, -0.2) is 61.5 Å². The molecule has 2 saturated heterocycles. The minimum absolute atomic E-state index is 0. The number of ether oxygens (including phenoxy) is 2. The van der Waals surface area contributed by atoms with Crippen molar-refractivity contribution < 1.29 is 19.4 Å². The van der Waals surface area contributed by atoms with E-state index in [1.54, 1.807) is 7.11 Å². The molecule has 1 spiro atoms. The number of aliphatic carboxylic acids is 1. The molecule has 8 heteroatoms. The highest BCUT2D eigenvalue weighted by Crippen LogP contribution is 2.35. The number of piperidine rings is 1. The Bertz CT molecular complexity index is 603. The lowest BCUT2D eigenvalue weighted by Crippen LogP contribution is -2.57. The molecule has 2 heterocycles. The molecule has 2 aliphatic rings. The van der Waals surface area contributed by atoms with Crippen LogP contribution in [0.1, 0.15) is 30.0 Å². The molecule has 0 saturated carbocycles. The molecule has 0 amide bonds. The van der Waals surface area contributed by atoms with Crippen LogP contribution in [0.15, 0.2) is 18.2 Å². The van der Waals surface area contributed by atoms with E-state index >= 15 is 0 Å². The Balaban J connectivity index is 0.00000169. The summed E-state index contributed by atoms with van der Waals surface area (Å²) in [6.07, 6.45) is 1.83. The van der Waals surface area contributed by atoms with Crippen molar-refractivity contribution in [3.05, 3.63) is 29.3 Å². The fourth-order valence-corrected chi connectivity index (χ4v) is 3.83. The Morgan fingerprint density at radius 1 is 1.35 bits per heavy atom. The number of rotatable bonds is 4. The van der Waals surface area contributed by atoms with Crippen LogP contribution < -0.4 is 10.1 Å². The number of carboxylic acids is 1. The first-order valence-electron chi connectivity index (χ1n) is 8.51. The molecule has 3 rings (SSSR count). The van der Waals surface area contributed by atoms with E-state index in [4.69, 9.17) is 9.47 Å². The molecule has 148 valence electrons. The van der Waals surface area contributed by atoms with E-state index in [0.717, 1.165) is 37.1 Å². The van der Waals surface area contributed by atoms with E-state index in [9.17, 15) is 9.90 Å². The van der Waals surface area contributed by atoms with Gasteiger partial charge in [-0.1, -0.05) is 17.7 Å². The largest absolute Gasteiger partial charge is 0.496 e. The number of nitrogens with one attached hydrogen (secondary N) is 1. The zero-order chi connectivity index (χ0) is 17.2. The number of carboxylic acid groups (broad SMARTS) is 1. The summed E-state index contributed by atoms with van der Waals surface area (Å²) in [4.78, 5) is 14.1. The predicted molar refractivity (Wildman–Crippen MR) is 105 cm³/mol. The second-order valence-electron chi connectivity index (χ2n) is 6.74. The third-order valence-corrected chi connectivity index (χ3v) is 5.07. The third kappa shape index (κ3) is 4.81. The summed E-state index contributed by atoms with van der Waals surface area (Å²) in [6.45, 7) is 5.62. The maximum Gasteiger partial charge on any atom is 0.325 e.